The highest BCUT2D eigenvalue weighted by atomic mass is 35.5. The Morgan fingerprint density at radius 1 is 1.23 bits per heavy atom. The first kappa shape index (κ1) is 22.7. The lowest BCUT2D eigenvalue weighted by molar-refractivity contribution is 0.0986. The van der Waals surface area contributed by atoms with Crippen LogP contribution in [-0.4, -0.2) is 33.6 Å². The van der Waals surface area contributed by atoms with E-state index < -0.39 is 0 Å². The number of fused-ring (bicyclic) bond motifs is 1. The minimum atomic E-state index is -0.373. The van der Waals surface area contributed by atoms with E-state index in [1.54, 1.807) is 17.4 Å². The molecule has 31 heavy (non-hydrogen) atoms. The number of benzene rings is 2. The largest absolute Gasteiger partial charge is 0.494 e. The Morgan fingerprint density at radius 2 is 2.03 bits per heavy atom. The van der Waals surface area contributed by atoms with Crippen molar-refractivity contribution >= 4 is 45.0 Å². The fourth-order valence-corrected chi connectivity index (χ4v) is 4.15. The third-order valence-corrected chi connectivity index (χ3v) is 5.63. The monoisotopic (exact) mass is 460 g/mol. The average Bonchev–Trinajstić information content (AvgIpc) is 3.41. The number of aryl methyl sites for hydroxylation is 1. The van der Waals surface area contributed by atoms with Gasteiger partial charge in [-0.1, -0.05) is 11.3 Å². The van der Waals surface area contributed by atoms with Crippen molar-refractivity contribution in [1.29, 1.82) is 0 Å². The topological polar surface area (TPSA) is 60.2 Å². The molecule has 162 valence electrons. The fourth-order valence-electron chi connectivity index (χ4n) is 3.13. The second-order valence-corrected chi connectivity index (χ2v) is 7.69. The SMILES string of the molecule is CCOc1ccc2nc(N(CCCn3ccnc3)C(=O)c3ccc(F)cc3)sc2c1.Cl. The van der Waals surface area contributed by atoms with E-state index in [1.165, 1.54) is 35.6 Å². The summed E-state index contributed by atoms with van der Waals surface area (Å²) in [6.45, 7) is 3.73. The van der Waals surface area contributed by atoms with Gasteiger partial charge in [0.05, 0.1) is 23.2 Å². The van der Waals surface area contributed by atoms with Crippen LogP contribution in [0.25, 0.3) is 10.2 Å². The summed E-state index contributed by atoms with van der Waals surface area (Å²) in [5.74, 6) is 0.197. The predicted molar refractivity (Wildman–Crippen MR) is 123 cm³/mol. The molecule has 0 atom stereocenters. The molecular weight excluding hydrogens is 439 g/mol. The van der Waals surface area contributed by atoms with Crippen LogP contribution in [0.4, 0.5) is 9.52 Å². The summed E-state index contributed by atoms with van der Waals surface area (Å²) in [6, 6.07) is 11.3. The molecule has 9 heteroatoms. The summed E-state index contributed by atoms with van der Waals surface area (Å²) in [4.78, 5) is 23.6. The Hall–Kier alpha value is -2.97. The maximum absolute atomic E-state index is 13.3. The van der Waals surface area contributed by atoms with Crippen LogP contribution in [0.2, 0.25) is 0 Å². The molecule has 1 amide bonds. The summed E-state index contributed by atoms with van der Waals surface area (Å²) in [7, 11) is 0. The van der Waals surface area contributed by atoms with E-state index in [1.807, 2.05) is 35.9 Å². The smallest absolute Gasteiger partial charge is 0.260 e. The van der Waals surface area contributed by atoms with Gasteiger partial charge < -0.3 is 9.30 Å². The number of hydrogen-bond acceptors (Lipinski definition) is 5. The number of amides is 1. The number of thiazole rings is 1. The number of hydrogen-bond donors (Lipinski definition) is 0. The summed E-state index contributed by atoms with van der Waals surface area (Å²) in [6.07, 6.45) is 6.09. The molecule has 2 heterocycles. The number of nitrogens with zero attached hydrogens (tertiary/aromatic N) is 4. The number of carbonyl (C=O) groups is 1. The van der Waals surface area contributed by atoms with Gasteiger partial charge in [-0.15, -0.1) is 12.4 Å². The highest BCUT2D eigenvalue weighted by Crippen LogP contribution is 2.32. The van der Waals surface area contributed by atoms with E-state index in [4.69, 9.17) is 4.74 Å². The van der Waals surface area contributed by atoms with E-state index in [0.717, 1.165) is 28.9 Å². The molecule has 0 saturated carbocycles. The van der Waals surface area contributed by atoms with Gasteiger partial charge in [-0.2, -0.15) is 0 Å². The molecule has 0 radical (unpaired) electrons. The molecule has 0 unspecified atom stereocenters. The minimum Gasteiger partial charge on any atom is -0.494 e. The number of anilines is 1. The molecule has 0 spiro atoms. The lowest BCUT2D eigenvalue weighted by Gasteiger charge is -2.20. The highest BCUT2D eigenvalue weighted by molar-refractivity contribution is 7.22. The maximum Gasteiger partial charge on any atom is 0.260 e. The molecule has 0 aliphatic carbocycles. The van der Waals surface area contributed by atoms with Crippen LogP contribution < -0.4 is 9.64 Å². The van der Waals surface area contributed by atoms with Crippen LogP contribution in [0.5, 0.6) is 5.75 Å². The van der Waals surface area contributed by atoms with Gasteiger partial charge in [-0.25, -0.2) is 14.4 Å². The van der Waals surface area contributed by atoms with Crippen molar-refractivity contribution in [2.45, 2.75) is 19.9 Å². The van der Waals surface area contributed by atoms with Crippen LogP contribution in [0, 0.1) is 5.82 Å². The van der Waals surface area contributed by atoms with E-state index in [9.17, 15) is 9.18 Å². The lowest BCUT2D eigenvalue weighted by atomic mass is 10.2. The Bertz CT molecular complexity index is 1130. The molecule has 0 N–H and O–H groups in total. The van der Waals surface area contributed by atoms with Gasteiger partial charge in [0.1, 0.15) is 11.6 Å². The third kappa shape index (κ3) is 5.39. The zero-order valence-electron chi connectivity index (χ0n) is 16.9. The van der Waals surface area contributed by atoms with Gasteiger partial charge in [-0.3, -0.25) is 9.69 Å². The van der Waals surface area contributed by atoms with Gasteiger partial charge in [0.15, 0.2) is 5.13 Å². The highest BCUT2D eigenvalue weighted by Gasteiger charge is 2.21. The Labute approximate surface area is 189 Å². The molecule has 0 aliphatic rings. The van der Waals surface area contributed by atoms with Crippen molar-refractivity contribution in [3.8, 4) is 5.75 Å². The number of halogens is 2. The number of rotatable bonds is 8. The molecular formula is C22H22ClFN4O2S. The fraction of sp³-hybridized carbons (Fsp3) is 0.227. The predicted octanol–water partition coefficient (Wildman–Crippen LogP) is 5.19. The van der Waals surface area contributed by atoms with Crippen molar-refractivity contribution < 1.29 is 13.9 Å². The minimum absolute atomic E-state index is 0. The molecule has 2 aromatic carbocycles. The molecule has 4 rings (SSSR count). The molecule has 4 aromatic rings. The van der Waals surface area contributed by atoms with E-state index in [-0.39, 0.29) is 24.1 Å². The van der Waals surface area contributed by atoms with Gasteiger partial charge in [0, 0.05) is 31.0 Å². The number of carbonyl (C=O) groups excluding carboxylic acids is 1. The first-order chi connectivity index (χ1) is 14.6. The zero-order valence-corrected chi connectivity index (χ0v) is 18.5. The van der Waals surface area contributed by atoms with Crippen molar-refractivity contribution in [3.63, 3.8) is 0 Å². The van der Waals surface area contributed by atoms with Gasteiger partial charge in [-0.05, 0) is 55.8 Å². The van der Waals surface area contributed by atoms with E-state index in [2.05, 4.69) is 9.97 Å². The van der Waals surface area contributed by atoms with Crippen LogP contribution in [0.15, 0.2) is 61.2 Å². The first-order valence-electron chi connectivity index (χ1n) is 9.70. The standard InChI is InChI=1S/C22H21FN4O2S.ClH/c1-2-29-18-8-9-19-20(14-18)30-22(25-19)27(12-3-11-26-13-10-24-15-26)21(28)16-4-6-17(23)7-5-16;/h4-10,13-15H,2-3,11-12H2,1H3;1H. The normalized spacial score (nSPS) is 10.6. The van der Waals surface area contributed by atoms with Crippen molar-refractivity contribution in [2.24, 2.45) is 0 Å². The van der Waals surface area contributed by atoms with Crippen molar-refractivity contribution in [2.75, 3.05) is 18.1 Å². The van der Waals surface area contributed by atoms with Crippen LogP contribution in [-0.2, 0) is 6.54 Å². The summed E-state index contributed by atoms with van der Waals surface area (Å²) in [5.41, 5.74) is 1.23. The molecule has 0 fully saturated rings. The Balaban J connectivity index is 0.00000272. The number of imidazole rings is 1. The number of ether oxygens (including phenoxy) is 1. The zero-order chi connectivity index (χ0) is 20.9. The van der Waals surface area contributed by atoms with Gasteiger partial charge in [0.2, 0.25) is 0 Å². The first-order valence-corrected chi connectivity index (χ1v) is 10.5. The third-order valence-electron chi connectivity index (χ3n) is 4.58. The lowest BCUT2D eigenvalue weighted by Crippen LogP contribution is -2.32. The summed E-state index contributed by atoms with van der Waals surface area (Å²) < 4.78 is 21.8. The number of aromatic nitrogens is 3. The Kier molecular flexibility index (Phi) is 7.59. The summed E-state index contributed by atoms with van der Waals surface area (Å²) in [5, 5.41) is 0.610. The van der Waals surface area contributed by atoms with Gasteiger partial charge >= 0.3 is 0 Å². The molecule has 0 bridgehead atoms. The van der Waals surface area contributed by atoms with Crippen molar-refractivity contribution in [1.82, 2.24) is 14.5 Å². The van der Waals surface area contributed by atoms with Gasteiger partial charge in [0.25, 0.3) is 5.91 Å². The maximum atomic E-state index is 13.3. The van der Waals surface area contributed by atoms with Crippen LogP contribution >= 0.6 is 23.7 Å². The molecule has 6 nitrogen and oxygen atoms in total. The van der Waals surface area contributed by atoms with Crippen molar-refractivity contribution in [3.05, 3.63) is 72.6 Å². The van der Waals surface area contributed by atoms with E-state index in [0.29, 0.717) is 23.8 Å². The molecule has 2 aromatic heterocycles. The summed E-state index contributed by atoms with van der Waals surface area (Å²) >= 11 is 1.44. The molecule has 0 saturated heterocycles. The van der Waals surface area contributed by atoms with E-state index >= 15 is 0 Å². The average molecular weight is 461 g/mol. The second-order valence-electron chi connectivity index (χ2n) is 6.68. The second kappa shape index (κ2) is 10.4. The van der Waals surface area contributed by atoms with Crippen LogP contribution in [0.3, 0.4) is 0 Å². The molecule has 0 aliphatic heterocycles. The van der Waals surface area contributed by atoms with Crippen LogP contribution in [0.1, 0.15) is 23.7 Å². The quantitative estimate of drug-likeness (QED) is 0.363. The Morgan fingerprint density at radius 3 is 2.74 bits per heavy atom.